The van der Waals surface area contributed by atoms with Gasteiger partial charge in [0.15, 0.2) is 5.60 Å². The summed E-state index contributed by atoms with van der Waals surface area (Å²) in [5.74, 6) is 3.33. The van der Waals surface area contributed by atoms with Crippen LogP contribution in [0.2, 0.25) is 0 Å². The number of carbonyl (C=O) groups excluding carboxylic acids is 2. The molecular weight excluding hydrogens is 581 g/mol. The molecule has 1 fully saturated rings. The second kappa shape index (κ2) is 13.6. The molecule has 3 N–H and O–H groups in total. The van der Waals surface area contributed by atoms with E-state index in [1.54, 1.807) is 24.3 Å². The van der Waals surface area contributed by atoms with Gasteiger partial charge >= 0.3 is 0 Å². The topological polar surface area (TPSA) is 96.9 Å². The van der Waals surface area contributed by atoms with Gasteiger partial charge in [0, 0.05) is 40.8 Å². The van der Waals surface area contributed by atoms with E-state index < -0.39 is 5.60 Å². The molecule has 0 aromatic heterocycles. The third-order valence-electron chi connectivity index (χ3n) is 8.39. The summed E-state index contributed by atoms with van der Waals surface area (Å²) >= 11 is 0. The van der Waals surface area contributed by atoms with E-state index in [0.717, 1.165) is 46.0 Å². The molecule has 1 saturated heterocycles. The van der Waals surface area contributed by atoms with Crippen molar-refractivity contribution in [3.8, 4) is 23.0 Å². The SMILES string of the molecule is Cc1c(C)c2c(c(C)c1O)CCC(C)(C(=O)Nc1ccc(Oc3ccc(NC(=O)CCCCC4CCSS4)cc3)cc1)O2. The zero-order chi connectivity index (χ0) is 30.6. The molecule has 0 spiro atoms. The Morgan fingerprint density at radius 2 is 1.60 bits per heavy atom. The zero-order valence-electron chi connectivity index (χ0n) is 25.2. The first-order chi connectivity index (χ1) is 20.6. The molecule has 228 valence electrons. The summed E-state index contributed by atoms with van der Waals surface area (Å²) in [6.45, 7) is 7.47. The van der Waals surface area contributed by atoms with Crippen LogP contribution in [-0.2, 0) is 16.0 Å². The van der Waals surface area contributed by atoms with Crippen LogP contribution in [0.4, 0.5) is 11.4 Å². The largest absolute Gasteiger partial charge is 0.507 e. The quantitative estimate of drug-likeness (QED) is 0.154. The van der Waals surface area contributed by atoms with Gasteiger partial charge < -0.3 is 25.2 Å². The standard InChI is InChI=1S/C34H40N2O5S2/c1-21-22(2)32-29(23(3)31(21)38)17-19-34(4,41-32)33(39)36-25-11-15-27(16-12-25)40-26-13-9-24(10-14-26)35-30(37)8-6-5-7-28-18-20-42-43-28/h9-16,28,38H,5-8,17-20H2,1-4H3,(H,35,37)(H,36,39). The van der Waals surface area contributed by atoms with E-state index in [2.05, 4.69) is 10.6 Å². The third kappa shape index (κ3) is 7.44. The smallest absolute Gasteiger partial charge is 0.268 e. The van der Waals surface area contributed by atoms with Crippen molar-refractivity contribution in [2.45, 2.75) is 83.5 Å². The predicted molar refractivity (Wildman–Crippen MR) is 177 cm³/mol. The molecule has 2 aliphatic rings. The summed E-state index contributed by atoms with van der Waals surface area (Å²) in [6, 6.07) is 14.5. The van der Waals surface area contributed by atoms with Gasteiger partial charge in [0.05, 0.1) is 0 Å². The normalized spacial score (nSPS) is 19.3. The van der Waals surface area contributed by atoms with E-state index in [0.29, 0.717) is 47.9 Å². The Kier molecular flexibility index (Phi) is 9.82. The van der Waals surface area contributed by atoms with Gasteiger partial charge in [0.2, 0.25) is 5.91 Å². The van der Waals surface area contributed by atoms with E-state index in [1.807, 2.05) is 73.5 Å². The molecule has 2 atom stereocenters. The predicted octanol–water partition coefficient (Wildman–Crippen LogP) is 8.48. The van der Waals surface area contributed by atoms with E-state index >= 15 is 0 Å². The molecule has 0 bridgehead atoms. The molecule has 2 aliphatic heterocycles. The van der Waals surface area contributed by atoms with E-state index in [-0.39, 0.29) is 11.8 Å². The van der Waals surface area contributed by atoms with Crippen molar-refractivity contribution >= 4 is 44.8 Å². The van der Waals surface area contributed by atoms with Crippen LogP contribution >= 0.6 is 21.6 Å². The first kappa shape index (κ1) is 31.1. The van der Waals surface area contributed by atoms with Gasteiger partial charge in [-0.2, -0.15) is 0 Å². The number of unbranched alkanes of at least 4 members (excludes halogenated alkanes) is 1. The number of aromatic hydroxyl groups is 1. The van der Waals surface area contributed by atoms with Gasteiger partial charge in [0.25, 0.3) is 5.91 Å². The fourth-order valence-corrected chi connectivity index (χ4v) is 8.49. The fraction of sp³-hybridized carbons (Fsp3) is 0.412. The monoisotopic (exact) mass is 620 g/mol. The number of phenolic OH excluding ortho intramolecular Hbond substituents is 1. The van der Waals surface area contributed by atoms with Crippen molar-refractivity contribution in [2.75, 3.05) is 16.4 Å². The van der Waals surface area contributed by atoms with Crippen LogP contribution < -0.4 is 20.1 Å². The summed E-state index contributed by atoms with van der Waals surface area (Å²) in [5.41, 5.74) is 3.76. The highest BCUT2D eigenvalue weighted by Gasteiger charge is 2.41. The second-order valence-electron chi connectivity index (χ2n) is 11.6. The number of phenols is 1. The number of hydrogen-bond donors (Lipinski definition) is 3. The molecule has 7 nitrogen and oxygen atoms in total. The number of benzene rings is 3. The molecule has 2 amide bonds. The molecule has 3 aromatic rings. The maximum Gasteiger partial charge on any atom is 0.268 e. The van der Waals surface area contributed by atoms with Crippen LogP contribution in [-0.4, -0.2) is 33.5 Å². The molecule has 0 saturated carbocycles. The maximum atomic E-state index is 13.3. The van der Waals surface area contributed by atoms with Crippen molar-refractivity contribution in [1.82, 2.24) is 0 Å². The minimum atomic E-state index is -1.03. The Bertz CT molecular complexity index is 1470. The number of fused-ring (bicyclic) bond motifs is 1. The van der Waals surface area contributed by atoms with Gasteiger partial charge in [-0.05, 0) is 119 Å². The molecule has 2 heterocycles. The highest BCUT2D eigenvalue weighted by molar-refractivity contribution is 8.77. The lowest BCUT2D eigenvalue weighted by atomic mass is 9.86. The number of rotatable bonds is 10. The van der Waals surface area contributed by atoms with Crippen molar-refractivity contribution in [3.63, 3.8) is 0 Å². The number of ether oxygens (including phenoxy) is 2. The lowest BCUT2D eigenvalue weighted by Gasteiger charge is -2.36. The van der Waals surface area contributed by atoms with Gasteiger partial charge in [-0.3, -0.25) is 9.59 Å². The van der Waals surface area contributed by atoms with Crippen molar-refractivity contribution in [2.24, 2.45) is 0 Å². The number of anilines is 2. The van der Waals surface area contributed by atoms with Gasteiger partial charge in [0.1, 0.15) is 23.0 Å². The highest BCUT2D eigenvalue weighted by atomic mass is 33.1. The van der Waals surface area contributed by atoms with Gasteiger partial charge in [-0.1, -0.05) is 28.0 Å². The Balaban J connectivity index is 1.10. The van der Waals surface area contributed by atoms with Crippen LogP contribution in [0.25, 0.3) is 0 Å². The highest BCUT2D eigenvalue weighted by Crippen LogP contribution is 2.43. The minimum absolute atomic E-state index is 0.0381. The lowest BCUT2D eigenvalue weighted by molar-refractivity contribution is -0.131. The molecule has 5 rings (SSSR count). The van der Waals surface area contributed by atoms with Crippen molar-refractivity contribution in [3.05, 3.63) is 70.8 Å². The Morgan fingerprint density at radius 3 is 2.23 bits per heavy atom. The first-order valence-corrected chi connectivity index (χ1v) is 17.3. The van der Waals surface area contributed by atoms with Crippen LogP contribution in [0.15, 0.2) is 48.5 Å². The lowest BCUT2D eigenvalue weighted by Crippen LogP contribution is -2.48. The first-order valence-electron chi connectivity index (χ1n) is 14.9. The number of nitrogens with one attached hydrogen (secondary N) is 2. The number of hydrogen-bond acceptors (Lipinski definition) is 7. The summed E-state index contributed by atoms with van der Waals surface area (Å²) in [5, 5.41) is 17.1. The molecule has 0 radical (unpaired) electrons. The number of carbonyl (C=O) groups is 2. The Hall–Kier alpha value is -3.30. The summed E-state index contributed by atoms with van der Waals surface area (Å²) in [4.78, 5) is 25.6. The summed E-state index contributed by atoms with van der Waals surface area (Å²) < 4.78 is 12.3. The average molecular weight is 621 g/mol. The van der Waals surface area contributed by atoms with Crippen LogP contribution in [0.1, 0.15) is 67.7 Å². The molecule has 3 aromatic carbocycles. The summed E-state index contributed by atoms with van der Waals surface area (Å²) in [6.07, 6.45) is 6.17. The molecular formula is C34H40N2O5S2. The zero-order valence-corrected chi connectivity index (χ0v) is 26.9. The Labute approximate surface area is 261 Å². The van der Waals surface area contributed by atoms with Crippen LogP contribution in [0.5, 0.6) is 23.0 Å². The van der Waals surface area contributed by atoms with Crippen molar-refractivity contribution in [1.29, 1.82) is 0 Å². The molecule has 0 aliphatic carbocycles. The Morgan fingerprint density at radius 1 is 0.953 bits per heavy atom. The van der Waals surface area contributed by atoms with Crippen LogP contribution in [0, 0.1) is 20.8 Å². The minimum Gasteiger partial charge on any atom is -0.507 e. The average Bonchev–Trinajstić information content (AvgIpc) is 3.53. The van der Waals surface area contributed by atoms with E-state index in [1.165, 1.54) is 18.6 Å². The van der Waals surface area contributed by atoms with E-state index in [4.69, 9.17) is 9.47 Å². The van der Waals surface area contributed by atoms with Crippen LogP contribution in [0.3, 0.4) is 0 Å². The maximum absolute atomic E-state index is 13.3. The second-order valence-corrected chi connectivity index (χ2v) is 14.4. The molecule has 43 heavy (non-hydrogen) atoms. The van der Waals surface area contributed by atoms with Gasteiger partial charge in [-0.15, -0.1) is 0 Å². The third-order valence-corrected chi connectivity index (χ3v) is 11.4. The molecule has 2 unspecified atom stereocenters. The van der Waals surface area contributed by atoms with E-state index in [9.17, 15) is 14.7 Å². The number of amides is 2. The van der Waals surface area contributed by atoms with Gasteiger partial charge in [-0.25, -0.2) is 0 Å². The summed E-state index contributed by atoms with van der Waals surface area (Å²) in [7, 11) is 3.95. The fourth-order valence-electron chi connectivity index (χ4n) is 5.47. The molecule has 9 heteroatoms. The van der Waals surface area contributed by atoms with Crippen molar-refractivity contribution < 1.29 is 24.2 Å².